The molecule has 0 bridgehead atoms. The summed E-state index contributed by atoms with van der Waals surface area (Å²) in [7, 11) is 1.97. The fourth-order valence-electron chi connectivity index (χ4n) is 2.23. The van der Waals surface area contributed by atoms with Gasteiger partial charge in [0.15, 0.2) is 0 Å². The van der Waals surface area contributed by atoms with Crippen molar-refractivity contribution in [3.63, 3.8) is 0 Å². The van der Waals surface area contributed by atoms with Gasteiger partial charge in [-0.05, 0) is 59.6 Å². The van der Waals surface area contributed by atoms with Crippen LogP contribution in [0.15, 0.2) is 27.1 Å². The van der Waals surface area contributed by atoms with Crippen molar-refractivity contribution in [3.8, 4) is 0 Å². The molecule has 1 N–H and O–H groups in total. The van der Waals surface area contributed by atoms with Crippen LogP contribution in [0.4, 0.5) is 0 Å². The number of benzene rings is 1. The second-order valence-corrected chi connectivity index (χ2v) is 5.68. The zero-order chi connectivity index (χ0) is 12.6. The Kier molecular flexibility index (Phi) is 3.59. The van der Waals surface area contributed by atoms with Crippen molar-refractivity contribution in [2.45, 2.75) is 26.8 Å². The Morgan fingerprint density at radius 3 is 2.53 bits per heavy atom. The lowest BCUT2D eigenvalue weighted by atomic mass is 10.0. The smallest absolute Gasteiger partial charge is 0.148 e. The van der Waals surface area contributed by atoms with Crippen molar-refractivity contribution < 1.29 is 4.42 Å². The lowest BCUT2D eigenvalue weighted by molar-refractivity contribution is 0.370. The summed E-state index contributed by atoms with van der Waals surface area (Å²) in [6.45, 7) is 6.47. The van der Waals surface area contributed by atoms with Crippen molar-refractivity contribution >= 4 is 26.9 Å². The lowest BCUT2D eigenvalue weighted by Gasteiger charge is -2.17. The van der Waals surface area contributed by atoms with Crippen LogP contribution in [0.1, 0.15) is 31.2 Å². The average molecular weight is 296 g/mol. The summed E-state index contributed by atoms with van der Waals surface area (Å²) in [6.07, 6.45) is 0. The van der Waals surface area contributed by atoms with E-state index in [1.165, 1.54) is 5.56 Å². The Morgan fingerprint density at radius 1 is 1.24 bits per heavy atom. The zero-order valence-electron chi connectivity index (χ0n) is 10.7. The molecule has 0 aliphatic carbocycles. The molecule has 0 radical (unpaired) electrons. The van der Waals surface area contributed by atoms with Gasteiger partial charge in [-0.3, -0.25) is 0 Å². The molecule has 3 heteroatoms. The van der Waals surface area contributed by atoms with E-state index in [1.807, 2.05) is 7.05 Å². The summed E-state index contributed by atoms with van der Waals surface area (Å²) in [5.74, 6) is 1.50. The number of halogens is 1. The Morgan fingerprint density at radius 2 is 1.94 bits per heavy atom. The molecule has 17 heavy (non-hydrogen) atoms. The van der Waals surface area contributed by atoms with E-state index < -0.39 is 0 Å². The highest BCUT2D eigenvalue weighted by Gasteiger charge is 2.18. The van der Waals surface area contributed by atoms with Crippen LogP contribution >= 0.6 is 15.9 Å². The minimum Gasteiger partial charge on any atom is -0.458 e. The Labute approximate surface area is 111 Å². The molecule has 2 aromatic rings. The maximum atomic E-state index is 5.96. The van der Waals surface area contributed by atoms with Gasteiger partial charge in [0.1, 0.15) is 11.3 Å². The molecule has 1 atom stereocenters. The first-order valence-corrected chi connectivity index (χ1v) is 6.69. The predicted molar refractivity (Wildman–Crippen MR) is 75.3 cm³/mol. The van der Waals surface area contributed by atoms with E-state index in [1.54, 1.807) is 0 Å². The van der Waals surface area contributed by atoms with Crippen LogP contribution in [-0.4, -0.2) is 7.05 Å². The van der Waals surface area contributed by atoms with E-state index in [4.69, 9.17) is 4.42 Å². The first kappa shape index (κ1) is 12.7. The highest BCUT2D eigenvalue weighted by Crippen LogP contribution is 2.32. The summed E-state index contributed by atoms with van der Waals surface area (Å²) < 4.78 is 6.98. The number of nitrogens with one attached hydrogen (secondary N) is 1. The molecule has 2 rings (SSSR count). The van der Waals surface area contributed by atoms with Crippen LogP contribution in [0.3, 0.4) is 0 Å². The Bertz CT molecular complexity index is 530. The van der Waals surface area contributed by atoms with Crippen LogP contribution in [-0.2, 0) is 0 Å². The third-order valence-electron chi connectivity index (χ3n) is 3.02. The van der Waals surface area contributed by atoms with Gasteiger partial charge in [0.25, 0.3) is 0 Å². The maximum absolute atomic E-state index is 5.96. The quantitative estimate of drug-likeness (QED) is 0.907. The van der Waals surface area contributed by atoms with E-state index in [0.29, 0.717) is 5.92 Å². The molecule has 1 aromatic heterocycles. The Hall–Kier alpha value is -0.800. The normalized spacial score (nSPS) is 13.5. The molecule has 0 fully saturated rings. The van der Waals surface area contributed by atoms with Crippen LogP contribution in [0, 0.1) is 12.8 Å². The Balaban J connectivity index is 2.54. The van der Waals surface area contributed by atoms with Gasteiger partial charge >= 0.3 is 0 Å². The van der Waals surface area contributed by atoms with Crippen molar-refractivity contribution in [2.75, 3.05) is 7.05 Å². The van der Waals surface area contributed by atoms with Gasteiger partial charge in [-0.25, -0.2) is 0 Å². The minimum absolute atomic E-state index is 0.259. The number of furan rings is 1. The minimum atomic E-state index is 0.259. The number of rotatable bonds is 3. The van der Waals surface area contributed by atoms with Gasteiger partial charge in [0.2, 0.25) is 0 Å². The van der Waals surface area contributed by atoms with E-state index in [9.17, 15) is 0 Å². The molecule has 0 saturated heterocycles. The summed E-state index contributed by atoms with van der Waals surface area (Å²) in [4.78, 5) is 0. The highest BCUT2D eigenvalue weighted by atomic mass is 79.9. The fraction of sp³-hybridized carbons (Fsp3) is 0.429. The van der Waals surface area contributed by atoms with Crippen LogP contribution in [0.25, 0.3) is 11.0 Å². The van der Waals surface area contributed by atoms with Gasteiger partial charge in [0.05, 0.1) is 10.5 Å². The summed E-state index contributed by atoms with van der Waals surface area (Å²) in [5, 5.41) is 4.46. The molecule has 1 aromatic carbocycles. The summed E-state index contributed by atoms with van der Waals surface area (Å²) >= 11 is 3.55. The molecule has 2 nitrogen and oxygen atoms in total. The summed E-state index contributed by atoms with van der Waals surface area (Å²) in [5.41, 5.74) is 2.17. The first-order valence-electron chi connectivity index (χ1n) is 5.89. The first-order chi connectivity index (χ1) is 8.02. The average Bonchev–Trinajstić information content (AvgIpc) is 2.61. The maximum Gasteiger partial charge on any atom is 0.148 e. The molecule has 92 valence electrons. The van der Waals surface area contributed by atoms with E-state index in [0.717, 1.165) is 21.2 Å². The molecule has 0 aliphatic rings. The van der Waals surface area contributed by atoms with Gasteiger partial charge in [-0.2, -0.15) is 0 Å². The molecule has 0 saturated carbocycles. The van der Waals surface area contributed by atoms with Gasteiger partial charge < -0.3 is 9.73 Å². The molecular weight excluding hydrogens is 278 g/mol. The van der Waals surface area contributed by atoms with E-state index in [2.05, 4.69) is 60.2 Å². The van der Waals surface area contributed by atoms with E-state index in [-0.39, 0.29) is 6.04 Å². The van der Waals surface area contributed by atoms with Crippen LogP contribution in [0.2, 0.25) is 0 Å². The molecule has 1 heterocycles. The van der Waals surface area contributed by atoms with Crippen LogP contribution in [0.5, 0.6) is 0 Å². The second-order valence-electron chi connectivity index (χ2n) is 4.82. The second kappa shape index (κ2) is 4.83. The van der Waals surface area contributed by atoms with Gasteiger partial charge in [0, 0.05) is 5.39 Å². The fourth-order valence-corrected chi connectivity index (χ4v) is 2.90. The third kappa shape index (κ3) is 2.40. The molecule has 0 aliphatic heterocycles. The monoisotopic (exact) mass is 295 g/mol. The highest BCUT2D eigenvalue weighted by molar-refractivity contribution is 9.10. The predicted octanol–water partition coefficient (Wildman–Crippen LogP) is 4.42. The number of hydrogen-bond acceptors (Lipinski definition) is 2. The van der Waals surface area contributed by atoms with Gasteiger partial charge in [-0.15, -0.1) is 0 Å². The largest absolute Gasteiger partial charge is 0.458 e. The standard InChI is InChI=1S/C14H18BrNO/c1-8(2)13(16-4)12-7-10-5-9(3)6-11(15)14(10)17-12/h5-8,13,16H,1-4H3. The number of aryl methyl sites for hydroxylation is 1. The van der Waals surface area contributed by atoms with Crippen molar-refractivity contribution in [1.29, 1.82) is 0 Å². The van der Waals surface area contributed by atoms with Crippen molar-refractivity contribution in [3.05, 3.63) is 34.0 Å². The van der Waals surface area contributed by atoms with Crippen molar-refractivity contribution in [2.24, 2.45) is 5.92 Å². The molecule has 1 unspecified atom stereocenters. The topological polar surface area (TPSA) is 25.2 Å². The third-order valence-corrected chi connectivity index (χ3v) is 3.61. The molecule has 0 spiro atoms. The number of hydrogen-bond donors (Lipinski definition) is 1. The zero-order valence-corrected chi connectivity index (χ0v) is 12.3. The molecular formula is C14H18BrNO. The van der Waals surface area contributed by atoms with Crippen LogP contribution < -0.4 is 5.32 Å². The molecule has 0 amide bonds. The van der Waals surface area contributed by atoms with E-state index >= 15 is 0 Å². The lowest BCUT2D eigenvalue weighted by Crippen LogP contribution is -2.20. The number of fused-ring (bicyclic) bond motifs is 1. The van der Waals surface area contributed by atoms with Gasteiger partial charge in [-0.1, -0.05) is 13.8 Å². The summed E-state index contributed by atoms with van der Waals surface area (Å²) in [6, 6.07) is 6.63. The SMILES string of the molecule is CNC(c1cc2cc(C)cc(Br)c2o1)C(C)C. The van der Waals surface area contributed by atoms with Crippen molar-refractivity contribution in [1.82, 2.24) is 5.32 Å².